The minimum Gasteiger partial charge on any atom is -0.317 e. The van der Waals surface area contributed by atoms with Crippen LogP contribution >= 0.6 is 0 Å². The molecule has 0 aromatic heterocycles. The maximum Gasteiger partial charge on any atom is -0.00191 e. The smallest absolute Gasteiger partial charge is 0.00191 e. The van der Waals surface area contributed by atoms with Gasteiger partial charge in [-0.3, -0.25) is 0 Å². The predicted octanol–water partition coefficient (Wildman–Crippen LogP) is 4.06. The zero-order valence-electron chi connectivity index (χ0n) is 13.4. The highest BCUT2D eigenvalue weighted by Crippen LogP contribution is 2.18. The van der Waals surface area contributed by atoms with Crippen molar-refractivity contribution in [1.82, 2.24) is 10.2 Å². The van der Waals surface area contributed by atoms with E-state index < -0.39 is 0 Å². The third-order valence-corrected chi connectivity index (χ3v) is 4.52. The van der Waals surface area contributed by atoms with E-state index in [4.69, 9.17) is 0 Å². The number of rotatable bonds is 11. The molecule has 0 unspecified atom stereocenters. The van der Waals surface area contributed by atoms with Crippen molar-refractivity contribution in [2.24, 2.45) is 5.92 Å². The third-order valence-electron chi connectivity index (χ3n) is 4.52. The molecule has 0 aliphatic carbocycles. The predicted molar refractivity (Wildman–Crippen MR) is 85.7 cm³/mol. The summed E-state index contributed by atoms with van der Waals surface area (Å²) in [5, 5.41) is 3.63. The summed E-state index contributed by atoms with van der Waals surface area (Å²) in [4.78, 5) is 2.46. The van der Waals surface area contributed by atoms with Crippen molar-refractivity contribution in [3.05, 3.63) is 0 Å². The third kappa shape index (κ3) is 9.45. The minimum absolute atomic E-state index is 0.984. The molecule has 1 aliphatic heterocycles. The summed E-state index contributed by atoms with van der Waals surface area (Å²) in [5.41, 5.74) is 0. The quantitative estimate of drug-likeness (QED) is 0.569. The fraction of sp³-hybridized carbons (Fsp3) is 1.00. The summed E-state index contributed by atoms with van der Waals surface area (Å²) in [6.07, 6.45) is 14.1. The van der Waals surface area contributed by atoms with E-state index in [1.54, 1.807) is 0 Å². The van der Waals surface area contributed by atoms with Crippen molar-refractivity contribution >= 4 is 0 Å². The molecule has 1 heterocycles. The molecule has 1 aliphatic rings. The number of unbranched alkanes of at least 4 members (excludes halogenated alkanes) is 6. The molecule has 0 aromatic carbocycles. The van der Waals surface area contributed by atoms with Crippen LogP contribution in [0.2, 0.25) is 0 Å². The number of hydrogen-bond donors (Lipinski definition) is 1. The highest BCUT2D eigenvalue weighted by molar-refractivity contribution is 4.70. The zero-order chi connectivity index (χ0) is 13.8. The van der Waals surface area contributed by atoms with E-state index >= 15 is 0 Å². The van der Waals surface area contributed by atoms with Gasteiger partial charge in [-0.1, -0.05) is 45.4 Å². The molecule has 1 saturated heterocycles. The van der Waals surface area contributed by atoms with Gasteiger partial charge in [-0.25, -0.2) is 0 Å². The first-order chi connectivity index (χ1) is 9.33. The Morgan fingerprint density at radius 3 is 2.21 bits per heavy atom. The second-order valence-electron chi connectivity index (χ2n) is 6.41. The van der Waals surface area contributed by atoms with Crippen molar-refractivity contribution < 1.29 is 0 Å². The molecule has 0 aromatic rings. The molecular weight excluding hydrogens is 232 g/mol. The molecular formula is C17H36N2. The van der Waals surface area contributed by atoms with Crippen LogP contribution in [0.1, 0.15) is 71.1 Å². The summed E-state index contributed by atoms with van der Waals surface area (Å²) < 4.78 is 0. The number of hydrogen-bond acceptors (Lipinski definition) is 2. The minimum atomic E-state index is 0.984. The van der Waals surface area contributed by atoms with Crippen LogP contribution in [0.25, 0.3) is 0 Å². The normalized spacial score (nSPS) is 18.0. The molecule has 0 atom stereocenters. The molecule has 0 bridgehead atoms. The highest BCUT2D eigenvalue weighted by Gasteiger charge is 2.15. The first-order valence-corrected chi connectivity index (χ1v) is 8.72. The second kappa shape index (κ2) is 11.7. The van der Waals surface area contributed by atoms with Crippen LogP contribution in [0.5, 0.6) is 0 Å². The number of likely N-dealkylation sites (tertiary alicyclic amines) is 1. The van der Waals surface area contributed by atoms with Crippen LogP contribution in [0.4, 0.5) is 0 Å². The van der Waals surface area contributed by atoms with E-state index in [0.29, 0.717) is 0 Å². The van der Waals surface area contributed by atoms with E-state index in [2.05, 4.69) is 24.2 Å². The van der Waals surface area contributed by atoms with E-state index in [-0.39, 0.29) is 0 Å². The van der Waals surface area contributed by atoms with Crippen molar-refractivity contribution in [1.29, 1.82) is 0 Å². The van der Waals surface area contributed by atoms with Crippen molar-refractivity contribution in [3.63, 3.8) is 0 Å². The maximum atomic E-state index is 3.63. The van der Waals surface area contributed by atoms with E-state index in [9.17, 15) is 0 Å². The van der Waals surface area contributed by atoms with Gasteiger partial charge in [-0.2, -0.15) is 0 Å². The molecule has 0 spiro atoms. The van der Waals surface area contributed by atoms with Gasteiger partial charge in [0.25, 0.3) is 0 Å². The molecule has 2 nitrogen and oxygen atoms in total. The number of nitrogens with one attached hydrogen (secondary N) is 1. The maximum absolute atomic E-state index is 3.63. The Balaban J connectivity index is 1.76. The first-order valence-electron chi connectivity index (χ1n) is 8.72. The molecule has 1 N–H and O–H groups in total. The van der Waals surface area contributed by atoms with Gasteiger partial charge in [0, 0.05) is 0 Å². The zero-order valence-corrected chi connectivity index (χ0v) is 13.4. The second-order valence-corrected chi connectivity index (χ2v) is 6.41. The van der Waals surface area contributed by atoms with Crippen molar-refractivity contribution in [3.8, 4) is 0 Å². The summed E-state index contributed by atoms with van der Waals surface area (Å²) in [7, 11) is 2.25. The lowest BCUT2D eigenvalue weighted by Crippen LogP contribution is -2.31. The van der Waals surface area contributed by atoms with Crippen molar-refractivity contribution in [2.45, 2.75) is 71.1 Å². The van der Waals surface area contributed by atoms with Gasteiger partial charge in [0.1, 0.15) is 0 Å². The Hall–Kier alpha value is -0.0800. The summed E-state index contributed by atoms with van der Waals surface area (Å²) in [6.45, 7) is 7.38. The SMILES string of the molecule is CCCCCCCCCNCCC1CCN(C)CC1. The first kappa shape index (κ1) is 17.0. The fourth-order valence-electron chi connectivity index (χ4n) is 2.99. The average Bonchev–Trinajstić information content (AvgIpc) is 2.43. The van der Waals surface area contributed by atoms with Gasteiger partial charge in [0.05, 0.1) is 0 Å². The van der Waals surface area contributed by atoms with Gasteiger partial charge in [0.15, 0.2) is 0 Å². The molecule has 114 valence electrons. The summed E-state index contributed by atoms with van der Waals surface area (Å²) in [5.74, 6) is 0.984. The number of piperidine rings is 1. The fourth-order valence-corrected chi connectivity index (χ4v) is 2.99. The van der Waals surface area contributed by atoms with Crippen molar-refractivity contribution in [2.75, 3.05) is 33.2 Å². The molecule has 0 radical (unpaired) electrons. The lowest BCUT2D eigenvalue weighted by molar-refractivity contribution is 0.211. The van der Waals surface area contributed by atoms with Gasteiger partial charge in [-0.05, 0) is 64.8 Å². The number of nitrogens with zero attached hydrogens (tertiary/aromatic N) is 1. The highest BCUT2D eigenvalue weighted by atomic mass is 15.1. The van der Waals surface area contributed by atoms with Gasteiger partial charge >= 0.3 is 0 Å². The van der Waals surface area contributed by atoms with Crippen LogP contribution < -0.4 is 5.32 Å². The summed E-state index contributed by atoms with van der Waals surface area (Å²) in [6, 6.07) is 0. The lowest BCUT2D eigenvalue weighted by Gasteiger charge is -2.28. The molecule has 0 saturated carbocycles. The standard InChI is InChI=1S/C17H36N2/c1-3-4-5-6-7-8-9-13-18-14-10-17-11-15-19(2)16-12-17/h17-18H,3-16H2,1-2H3. The van der Waals surface area contributed by atoms with Gasteiger partial charge < -0.3 is 10.2 Å². The van der Waals surface area contributed by atoms with Crippen LogP contribution in [0, 0.1) is 5.92 Å². The monoisotopic (exact) mass is 268 g/mol. The van der Waals surface area contributed by atoms with Crippen LogP contribution in [-0.2, 0) is 0 Å². The van der Waals surface area contributed by atoms with Gasteiger partial charge in [0.2, 0.25) is 0 Å². The summed E-state index contributed by atoms with van der Waals surface area (Å²) >= 11 is 0. The van der Waals surface area contributed by atoms with Crippen LogP contribution in [-0.4, -0.2) is 38.1 Å². The molecule has 1 fully saturated rings. The lowest BCUT2D eigenvalue weighted by atomic mass is 9.94. The van der Waals surface area contributed by atoms with Crippen LogP contribution in [0.15, 0.2) is 0 Å². The average molecular weight is 268 g/mol. The topological polar surface area (TPSA) is 15.3 Å². The Morgan fingerprint density at radius 1 is 0.895 bits per heavy atom. The Bertz CT molecular complexity index is 186. The Kier molecular flexibility index (Phi) is 10.5. The van der Waals surface area contributed by atoms with E-state index in [1.165, 1.54) is 90.4 Å². The largest absolute Gasteiger partial charge is 0.317 e. The Labute approximate surface area is 121 Å². The molecule has 1 rings (SSSR count). The Morgan fingerprint density at radius 2 is 1.53 bits per heavy atom. The van der Waals surface area contributed by atoms with Gasteiger partial charge in [-0.15, -0.1) is 0 Å². The molecule has 19 heavy (non-hydrogen) atoms. The van der Waals surface area contributed by atoms with E-state index in [1.807, 2.05) is 0 Å². The van der Waals surface area contributed by atoms with E-state index in [0.717, 1.165) is 5.92 Å². The van der Waals surface area contributed by atoms with Crippen LogP contribution in [0.3, 0.4) is 0 Å². The molecule has 2 heteroatoms. The molecule has 0 amide bonds.